The number of rotatable bonds is 1. The van der Waals surface area contributed by atoms with Gasteiger partial charge in [-0.1, -0.05) is 11.8 Å². The van der Waals surface area contributed by atoms with Crippen LogP contribution in [0.15, 0.2) is 0 Å². The van der Waals surface area contributed by atoms with Crippen molar-refractivity contribution < 1.29 is 13.9 Å². The van der Waals surface area contributed by atoms with Gasteiger partial charge in [0, 0.05) is 5.41 Å². The second kappa shape index (κ2) is 3.40. The maximum atomic E-state index is 12.0. The zero-order valence-electron chi connectivity index (χ0n) is 7.78. The first-order valence-electron chi connectivity index (χ1n) is 3.70. The molecular weight excluding hydrogens is 162 g/mol. The molecule has 0 radical (unpaired) electrons. The quantitative estimate of drug-likeness (QED) is 0.606. The van der Waals surface area contributed by atoms with Crippen molar-refractivity contribution in [3.63, 3.8) is 0 Å². The molecule has 1 nitrogen and oxygen atoms in total. The zero-order chi connectivity index (χ0) is 9.99. The van der Waals surface area contributed by atoms with Gasteiger partial charge < -0.3 is 5.11 Å². The van der Waals surface area contributed by atoms with Gasteiger partial charge in [-0.25, -0.2) is 8.78 Å². The third-order valence-electron chi connectivity index (χ3n) is 1.12. The van der Waals surface area contributed by atoms with Crippen molar-refractivity contribution in [2.24, 2.45) is 5.41 Å². The molecule has 0 rings (SSSR count). The van der Waals surface area contributed by atoms with Gasteiger partial charge >= 0.3 is 0 Å². The molecule has 0 aliphatic heterocycles. The van der Waals surface area contributed by atoms with E-state index >= 15 is 0 Å². The Morgan fingerprint density at radius 3 is 1.75 bits per heavy atom. The maximum absolute atomic E-state index is 12.0. The highest BCUT2D eigenvalue weighted by Gasteiger charge is 2.30. The first-order chi connectivity index (χ1) is 5.15. The molecule has 12 heavy (non-hydrogen) atoms. The number of hydrogen-bond acceptors (Lipinski definition) is 1. The normalized spacial score (nSPS) is 16.7. The minimum absolute atomic E-state index is 0.362. The molecule has 0 heterocycles. The summed E-state index contributed by atoms with van der Waals surface area (Å²) >= 11 is 0. The van der Waals surface area contributed by atoms with Crippen molar-refractivity contribution in [1.82, 2.24) is 0 Å². The van der Waals surface area contributed by atoms with Crippen molar-refractivity contribution >= 4 is 0 Å². The predicted octanol–water partition coefficient (Wildman–Crippen LogP) is 2.05. The van der Waals surface area contributed by atoms with E-state index in [1.807, 2.05) is 0 Å². The van der Waals surface area contributed by atoms with Crippen LogP contribution >= 0.6 is 0 Å². The minimum Gasteiger partial charge on any atom is -0.372 e. The van der Waals surface area contributed by atoms with E-state index < -0.39 is 12.0 Å². The van der Waals surface area contributed by atoms with Gasteiger partial charge in [-0.2, -0.15) is 0 Å². The van der Waals surface area contributed by atoms with Crippen LogP contribution in [-0.4, -0.2) is 17.1 Å². The lowest BCUT2D eigenvalue weighted by Crippen LogP contribution is -2.31. The molecule has 1 unspecified atom stereocenters. The van der Waals surface area contributed by atoms with E-state index in [4.69, 9.17) is 5.11 Å². The fourth-order valence-electron chi connectivity index (χ4n) is 0.369. The number of halogens is 2. The van der Waals surface area contributed by atoms with Crippen LogP contribution < -0.4 is 0 Å². The van der Waals surface area contributed by atoms with Crippen LogP contribution in [0.3, 0.4) is 0 Å². The largest absolute Gasteiger partial charge is 0.372 e. The standard InChI is InChI=1S/C9H14F2O/c1-8(2,3)5-6-9(4,12)7(10)11/h7,12H,1-4H3. The van der Waals surface area contributed by atoms with Crippen molar-refractivity contribution in [2.75, 3.05) is 0 Å². The number of aliphatic hydroxyl groups is 1. The Morgan fingerprint density at radius 1 is 1.08 bits per heavy atom. The van der Waals surface area contributed by atoms with E-state index in [1.165, 1.54) is 0 Å². The van der Waals surface area contributed by atoms with Crippen LogP contribution in [0.2, 0.25) is 0 Å². The van der Waals surface area contributed by atoms with Crippen LogP contribution in [0.1, 0.15) is 27.7 Å². The average Bonchev–Trinajstić information content (AvgIpc) is 1.82. The predicted molar refractivity (Wildman–Crippen MR) is 43.9 cm³/mol. The molecule has 70 valence electrons. The highest BCUT2D eigenvalue weighted by atomic mass is 19.3. The lowest BCUT2D eigenvalue weighted by Gasteiger charge is -2.16. The van der Waals surface area contributed by atoms with Crippen molar-refractivity contribution in [2.45, 2.75) is 39.7 Å². The molecule has 0 aromatic heterocycles. The van der Waals surface area contributed by atoms with Gasteiger partial charge in [0.15, 0.2) is 5.60 Å². The van der Waals surface area contributed by atoms with Gasteiger partial charge in [0.05, 0.1) is 0 Å². The summed E-state index contributed by atoms with van der Waals surface area (Å²) in [5, 5.41) is 9.03. The number of hydrogen-bond donors (Lipinski definition) is 1. The highest BCUT2D eigenvalue weighted by molar-refractivity contribution is 5.17. The van der Waals surface area contributed by atoms with Gasteiger partial charge in [0.25, 0.3) is 6.43 Å². The zero-order valence-corrected chi connectivity index (χ0v) is 7.78. The van der Waals surface area contributed by atoms with Gasteiger partial charge in [-0.3, -0.25) is 0 Å². The van der Waals surface area contributed by atoms with Crippen molar-refractivity contribution in [3.8, 4) is 11.8 Å². The van der Waals surface area contributed by atoms with E-state index in [0.717, 1.165) is 6.92 Å². The molecule has 0 aromatic rings. The Labute approximate surface area is 71.8 Å². The van der Waals surface area contributed by atoms with Gasteiger partial charge in [-0.05, 0) is 27.7 Å². The van der Waals surface area contributed by atoms with E-state index in [0.29, 0.717) is 0 Å². The average molecular weight is 176 g/mol. The topological polar surface area (TPSA) is 20.2 Å². The van der Waals surface area contributed by atoms with Crippen molar-refractivity contribution in [1.29, 1.82) is 0 Å². The molecule has 0 aliphatic carbocycles. The molecule has 0 aromatic carbocycles. The summed E-state index contributed by atoms with van der Waals surface area (Å²) in [7, 11) is 0. The summed E-state index contributed by atoms with van der Waals surface area (Å²) in [5.41, 5.74) is -2.55. The first kappa shape index (κ1) is 11.4. The van der Waals surface area contributed by atoms with E-state index in [-0.39, 0.29) is 5.41 Å². The Hall–Kier alpha value is -0.620. The molecule has 0 fully saturated rings. The smallest absolute Gasteiger partial charge is 0.277 e. The van der Waals surface area contributed by atoms with E-state index in [9.17, 15) is 8.78 Å². The molecule has 3 heteroatoms. The summed E-state index contributed by atoms with van der Waals surface area (Å²) in [6, 6.07) is 0. The summed E-state index contributed by atoms with van der Waals surface area (Å²) in [6.45, 7) is 6.39. The molecule has 0 bridgehead atoms. The lowest BCUT2D eigenvalue weighted by atomic mass is 9.96. The summed E-state index contributed by atoms with van der Waals surface area (Å²) in [4.78, 5) is 0. The van der Waals surface area contributed by atoms with Gasteiger partial charge in [0.2, 0.25) is 0 Å². The fraction of sp³-hybridized carbons (Fsp3) is 0.778. The molecule has 0 amide bonds. The fourth-order valence-corrected chi connectivity index (χ4v) is 0.369. The molecule has 1 N–H and O–H groups in total. The van der Waals surface area contributed by atoms with Crippen molar-refractivity contribution in [3.05, 3.63) is 0 Å². The molecule has 0 spiro atoms. The molecular formula is C9H14F2O. The van der Waals surface area contributed by atoms with E-state index in [1.54, 1.807) is 20.8 Å². The van der Waals surface area contributed by atoms with E-state index in [2.05, 4.69) is 11.8 Å². The molecule has 0 aliphatic rings. The summed E-state index contributed by atoms with van der Waals surface area (Å²) in [6.07, 6.45) is -2.83. The van der Waals surface area contributed by atoms with Crippen LogP contribution in [0, 0.1) is 17.3 Å². The number of alkyl halides is 2. The Kier molecular flexibility index (Phi) is 3.23. The third kappa shape index (κ3) is 4.30. The third-order valence-corrected chi connectivity index (χ3v) is 1.12. The Morgan fingerprint density at radius 2 is 1.50 bits per heavy atom. The SMILES string of the molecule is CC(C)(C)C#CC(C)(O)C(F)F. The molecule has 1 atom stereocenters. The highest BCUT2D eigenvalue weighted by Crippen LogP contribution is 2.16. The maximum Gasteiger partial charge on any atom is 0.277 e. The second-order valence-electron chi connectivity index (χ2n) is 3.95. The Balaban J connectivity index is 4.50. The summed E-state index contributed by atoms with van der Waals surface area (Å²) in [5.74, 6) is 4.72. The summed E-state index contributed by atoms with van der Waals surface area (Å²) < 4.78 is 24.1. The van der Waals surface area contributed by atoms with Crippen LogP contribution in [0.25, 0.3) is 0 Å². The minimum atomic E-state index is -2.83. The first-order valence-corrected chi connectivity index (χ1v) is 3.70. The van der Waals surface area contributed by atoms with Crippen LogP contribution in [0.5, 0.6) is 0 Å². The monoisotopic (exact) mass is 176 g/mol. The molecule has 0 saturated carbocycles. The van der Waals surface area contributed by atoms with Crippen LogP contribution in [-0.2, 0) is 0 Å². The van der Waals surface area contributed by atoms with Gasteiger partial charge in [-0.15, -0.1) is 0 Å². The van der Waals surface area contributed by atoms with Crippen LogP contribution in [0.4, 0.5) is 8.78 Å². The second-order valence-corrected chi connectivity index (χ2v) is 3.95. The lowest BCUT2D eigenvalue weighted by molar-refractivity contribution is -0.0419. The molecule has 0 saturated heterocycles. The Bertz CT molecular complexity index is 203. The van der Waals surface area contributed by atoms with Gasteiger partial charge in [0.1, 0.15) is 0 Å².